The van der Waals surface area contributed by atoms with Crippen molar-refractivity contribution in [2.24, 2.45) is 11.8 Å². The highest BCUT2D eigenvalue weighted by Gasteiger charge is 2.67. The first-order valence-corrected chi connectivity index (χ1v) is 23.2. The lowest BCUT2D eigenvalue weighted by Crippen LogP contribution is -2.78. The predicted octanol–water partition coefficient (Wildman–Crippen LogP) is 2.95. The van der Waals surface area contributed by atoms with Crippen molar-refractivity contribution in [1.82, 2.24) is 20.4 Å². The third-order valence-electron chi connectivity index (χ3n) is 14.4. The number of thioether (sulfide) groups is 1. The molecule has 8 aliphatic rings. The van der Waals surface area contributed by atoms with Crippen molar-refractivity contribution in [1.29, 1.82) is 0 Å². The number of piperidine rings is 1. The summed E-state index contributed by atoms with van der Waals surface area (Å²) >= 11 is 1.51. The number of hydrogen-bond donors (Lipinski definition) is 4. The number of aryl methyl sites for hydroxylation is 1. The van der Waals surface area contributed by atoms with E-state index in [1.807, 2.05) is 27.0 Å². The predicted molar refractivity (Wildman–Crippen MR) is 232 cm³/mol. The topological polar surface area (TPSA) is 213 Å². The number of piperazine rings is 1. The summed E-state index contributed by atoms with van der Waals surface area (Å²) in [5.41, 5.74) is 2.94. The summed E-state index contributed by atoms with van der Waals surface area (Å²) in [5, 5.41) is 30.4. The first-order valence-electron chi connectivity index (χ1n) is 22.1. The third-order valence-corrected chi connectivity index (χ3v) is 16.0. The Morgan fingerprint density at radius 3 is 2.51 bits per heavy atom. The summed E-state index contributed by atoms with van der Waals surface area (Å²) in [6, 6.07) is 2.23. The molecule has 2 aromatic rings. The van der Waals surface area contributed by atoms with Crippen LogP contribution in [-0.4, -0.2) is 145 Å². The Kier molecular flexibility index (Phi) is 12.0. The lowest BCUT2D eigenvalue weighted by atomic mass is 9.62. The largest absolute Gasteiger partial charge is 0.504 e. The molecule has 19 heteroatoms. The van der Waals surface area contributed by atoms with Gasteiger partial charge in [-0.2, -0.15) is 11.8 Å². The lowest BCUT2D eigenvalue weighted by molar-refractivity contribution is -0.224. The number of phenols is 1. The second-order valence-electron chi connectivity index (χ2n) is 18.4. The number of alkyl carbamates (subject to hydrolysis) is 1. The minimum Gasteiger partial charge on any atom is -0.504 e. The Bertz CT molecular complexity index is 2330. The number of phenolic OH excluding ortho intramolecular Hbond substituents is 1. The minimum atomic E-state index is -1.45. The van der Waals surface area contributed by atoms with Crippen molar-refractivity contribution >= 4 is 35.8 Å². The van der Waals surface area contributed by atoms with Gasteiger partial charge in [0.1, 0.15) is 36.8 Å². The average Bonchev–Trinajstić information content (AvgIpc) is 3.75. The summed E-state index contributed by atoms with van der Waals surface area (Å²) < 4.78 is 47.9. The van der Waals surface area contributed by atoms with Gasteiger partial charge < -0.3 is 53.4 Å². The number of likely N-dealkylation sites (N-methyl/N-ethyl adjacent to an activating group) is 1. The first-order chi connectivity index (χ1) is 31.0. The van der Waals surface area contributed by atoms with Gasteiger partial charge in [-0.3, -0.25) is 19.9 Å². The monoisotopic (exact) mass is 922 g/mol. The molecule has 1 aliphatic carbocycles. The number of aliphatic hydroxyl groups excluding tert-OH is 1. The van der Waals surface area contributed by atoms with Crippen LogP contribution in [0.3, 0.4) is 0 Å². The Balaban J connectivity index is 1.17. The van der Waals surface area contributed by atoms with Crippen LogP contribution < -0.4 is 24.8 Å². The van der Waals surface area contributed by atoms with Crippen LogP contribution in [0, 0.1) is 18.8 Å². The molecule has 65 heavy (non-hydrogen) atoms. The van der Waals surface area contributed by atoms with Gasteiger partial charge in [0.05, 0.1) is 38.4 Å². The van der Waals surface area contributed by atoms with E-state index in [4.69, 9.17) is 37.9 Å². The van der Waals surface area contributed by atoms with E-state index in [1.165, 1.54) is 39.8 Å². The lowest BCUT2D eigenvalue weighted by Gasteiger charge is -2.66. The van der Waals surface area contributed by atoms with Crippen LogP contribution in [0.4, 0.5) is 4.79 Å². The maximum absolute atomic E-state index is 15.1. The third kappa shape index (κ3) is 7.28. The molecule has 7 heterocycles. The van der Waals surface area contributed by atoms with Gasteiger partial charge in [0, 0.05) is 53.5 Å². The molecule has 18 nitrogen and oxygen atoms in total. The zero-order valence-corrected chi connectivity index (χ0v) is 38.8. The van der Waals surface area contributed by atoms with Gasteiger partial charge >= 0.3 is 24.0 Å². The van der Waals surface area contributed by atoms with Crippen molar-refractivity contribution in [2.45, 2.75) is 120 Å². The number of rotatable bonds is 7. The van der Waals surface area contributed by atoms with Gasteiger partial charge in [0.25, 0.3) is 0 Å². The fourth-order valence-electron chi connectivity index (χ4n) is 11.8. The standard InChI is InChI=1S/C46H58N4O14S/c1-19(2)62-45(56)48-22(5)43(54)64-30-14-24-10-11-47-46(26(24)15-29(30)57-8)17-65-41-33-32(40-39(60-18-61-40)21(4)38(33)63-23(6)51)28(16-59-44(46)55)50-35(41)34-31-25(13-27(42(50)53)49(34)7)12-20(3)37(58-9)36(31)52/h12,14-15,19,22,27-28,32-35,38,40-42,47,52-53H,10-11,13,16-18H2,1-9H3,(H,48,56)/t22-,27-,28-,32?,33?,34-,35?,38?,40?,41+,42-,46+/m0/s1. The number of hydrogen-bond acceptors (Lipinski definition) is 18. The normalized spacial score (nSPS) is 33.0. The fraction of sp³-hybridized carbons (Fsp3) is 0.609. The van der Waals surface area contributed by atoms with Crippen molar-refractivity contribution < 1.29 is 67.3 Å². The molecule has 4 bridgehead atoms. The molecule has 0 saturated carbocycles. The van der Waals surface area contributed by atoms with Gasteiger partial charge in [-0.05, 0) is 88.9 Å². The minimum absolute atomic E-state index is 0.0128. The quantitative estimate of drug-likeness (QED) is 0.179. The molecule has 4 N–H and O–H groups in total. The number of carbonyl (C=O) groups excluding carboxylic acids is 4. The van der Waals surface area contributed by atoms with Crippen LogP contribution in [0.1, 0.15) is 68.5 Å². The fourth-order valence-corrected chi connectivity index (χ4v) is 13.6. The Labute approximate surface area is 381 Å². The summed E-state index contributed by atoms with van der Waals surface area (Å²) in [5.74, 6) is -1.33. The van der Waals surface area contributed by atoms with E-state index < -0.39 is 101 Å². The highest BCUT2D eigenvalue weighted by atomic mass is 32.2. The smallest absolute Gasteiger partial charge is 0.408 e. The highest BCUT2D eigenvalue weighted by molar-refractivity contribution is 8.00. The Morgan fingerprint density at radius 2 is 1.80 bits per heavy atom. The highest BCUT2D eigenvalue weighted by Crippen LogP contribution is 2.60. The molecule has 5 fully saturated rings. The summed E-state index contributed by atoms with van der Waals surface area (Å²) in [4.78, 5) is 58.0. The zero-order chi connectivity index (χ0) is 46.4. The molecule has 5 saturated heterocycles. The summed E-state index contributed by atoms with van der Waals surface area (Å²) in [7, 11) is 4.93. The molecule has 12 atom stereocenters. The SMILES string of the molecule is COc1cc2c(cc1OC(=O)[C@H](C)NC(=O)OC(C)C)CCN[C@]21CS[C@@H]2C3C(OC(C)=O)C(C)=C4OCOC4C3[C@H](COC1=O)N1C2[C@@H]2c3c(cc(C)c(OC)c3O)C[C@@H]([C@@H]1O)N2C. The number of aliphatic hydroxyl groups is 1. The second-order valence-corrected chi connectivity index (χ2v) is 19.6. The van der Waals surface area contributed by atoms with E-state index in [1.54, 1.807) is 26.0 Å². The summed E-state index contributed by atoms with van der Waals surface area (Å²) in [6.07, 6.45) is -2.64. The number of fused-ring (bicyclic) bond motifs is 9. The van der Waals surface area contributed by atoms with Crippen LogP contribution in [0.2, 0.25) is 0 Å². The van der Waals surface area contributed by atoms with Gasteiger partial charge in [0.15, 0.2) is 35.3 Å². The molecule has 1 spiro atoms. The molecule has 0 aromatic heterocycles. The van der Waals surface area contributed by atoms with Gasteiger partial charge in [0.2, 0.25) is 0 Å². The average molecular weight is 923 g/mol. The number of ether oxygens (including phenoxy) is 8. The van der Waals surface area contributed by atoms with E-state index in [-0.39, 0.29) is 36.4 Å². The molecule has 1 amide bonds. The number of nitrogens with one attached hydrogen (secondary N) is 2. The molecular weight excluding hydrogens is 865 g/mol. The maximum Gasteiger partial charge on any atom is 0.408 e. The molecule has 10 rings (SSSR count). The van der Waals surface area contributed by atoms with Crippen LogP contribution in [-0.2, 0) is 56.4 Å². The van der Waals surface area contributed by atoms with Gasteiger partial charge in [-0.25, -0.2) is 14.4 Å². The number of esters is 3. The number of amides is 1. The van der Waals surface area contributed by atoms with Gasteiger partial charge in [-0.1, -0.05) is 6.07 Å². The number of carbonyl (C=O) groups is 4. The summed E-state index contributed by atoms with van der Waals surface area (Å²) in [6.45, 7) is 10.2. The maximum atomic E-state index is 15.1. The second kappa shape index (κ2) is 17.1. The van der Waals surface area contributed by atoms with E-state index in [9.17, 15) is 24.6 Å². The first kappa shape index (κ1) is 45.4. The van der Waals surface area contributed by atoms with Crippen molar-refractivity contribution in [2.75, 3.05) is 47.0 Å². The Hall–Kier alpha value is -4.79. The number of benzene rings is 2. The van der Waals surface area contributed by atoms with E-state index in [0.29, 0.717) is 47.6 Å². The van der Waals surface area contributed by atoms with Crippen molar-refractivity contribution in [3.05, 3.63) is 57.3 Å². The van der Waals surface area contributed by atoms with Crippen LogP contribution in [0.15, 0.2) is 29.5 Å². The molecule has 5 unspecified atom stereocenters. The number of aromatic hydroxyl groups is 1. The van der Waals surface area contributed by atoms with Crippen LogP contribution >= 0.6 is 11.8 Å². The number of methoxy groups -OCH3 is 2. The van der Waals surface area contributed by atoms with E-state index >= 15 is 4.79 Å². The van der Waals surface area contributed by atoms with Crippen LogP contribution in [0.25, 0.3) is 0 Å². The van der Waals surface area contributed by atoms with Gasteiger partial charge in [-0.15, -0.1) is 0 Å². The van der Waals surface area contributed by atoms with E-state index in [0.717, 1.165) is 16.7 Å². The van der Waals surface area contributed by atoms with Crippen molar-refractivity contribution in [3.63, 3.8) is 0 Å². The number of nitrogens with zero attached hydrogens (tertiary/aromatic N) is 2. The molecule has 2 aromatic carbocycles. The molecule has 352 valence electrons. The van der Waals surface area contributed by atoms with Crippen molar-refractivity contribution in [3.8, 4) is 23.0 Å². The molecule has 7 aliphatic heterocycles. The van der Waals surface area contributed by atoms with E-state index in [2.05, 4.69) is 20.4 Å². The van der Waals surface area contributed by atoms with Crippen LogP contribution in [0.5, 0.6) is 23.0 Å². The molecule has 0 radical (unpaired) electrons. The molecular formula is C46H58N4O14S. The Morgan fingerprint density at radius 1 is 1.03 bits per heavy atom. The zero-order valence-electron chi connectivity index (χ0n) is 38.0.